The molecule has 9 heteroatoms. The van der Waals surface area contributed by atoms with Crippen LogP contribution in [0.1, 0.15) is 29.1 Å². The Balaban J connectivity index is 1.77. The van der Waals surface area contributed by atoms with E-state index in [0.717, 1.165) is 22.7 Å². The highest BCUT2D eigenvalue weighted by Gasteiger charge is 2.28. The van der Waals surface area contributed by atoms with E-state index in [1.165, 1.54) is 0 Å². The molecule has 1 aromatic carbocycles. The fourth-order valence-electron chi connectivity index (χ4n) is 2.50. The zero-order valence-electron chi connectivity index (χ0n) is 14.0. The van der Waals surface area contributed by atoms with Crippen molar-refractivity contribution < 1.29 is 23.8 Å². The Hall–Kier alpha value is -2.62. The molecule has 0 saturated carbocycles. The van der Waals surface area contributed by atoms with Crippen LogP contribution in [0, 0.1) is 5.82 Å². The Morgan fingerprint density at radius 2 is 2.15 bits per heavy atom. The van der Waals surface area contributed by atoms with E-state index in [9.17, 15) is 14.0 Å². The van der Waals surface area contributed by atoms with Gasteiger partial charge in [-0.2, -0.15) is 4.98 Å². The second kappa shape index (κ2) is 7.73. The number of anilines is 1. The third-order valence-electron chi connectivity index (χ3n) is 3.96. The van der Waals surface area contributed by atoms with Gasteiger partial charge >= 0.3 is 5.69 Å². The summed E-state index contributed by atoms with van der Waals surface area (Å²) in [4.78, 5) is 27.9. The van der Waals surface area contributed by atoms with Crippen molar-refractivity contribution >= 4 is 11.7 Å². The number of halogens is 1. The largest absolute Gasteiger partial charge is 0.391 e. The molecular weight excluding hydrogens is 345 g/mol. The van der Waals surface area contributed by atoms with Crippen molar-refractivity contribution in [1.82, 2.24) is 9.55 Å². The summed E-state index contributed by atoms with van der Waals surface area (Å²) in [7, 11) is 0. The molecule has 2 heterocycles. The van der Waals surface area contributed by atoms with Gasteiger partial charge in [-0.15, -0.1) is 0 Å². The zero-order chi connectivity index (χ0) is 18.7. The van der Waals surface area contributed by atoms with Gasteiger partial charge in [0.25, 0.3) is 5.91 Å². The summed E-state index contributed by atoms with van der Waals surface area (Å²) in [6.07, 6.45) is -0.0484. The molecule has 0 bridgehead atoms. The van der Waals surface area contributed by atoms with Crippen LogP contribution in [0.4, 0.5) is 10.2 Å². The number of hydrogen-bond donors (Lipinski definition) is 2. The Morgan fingerprint density at radius 3 is 2.77 bits per heavy atom. The number of aryl methyl sites for hydroxylation is 1. The third kappa shape index (κ3) is 3.79. The van der Waals surface area contributed by atoms with Crippen molar-refractivity contribution in [1.29, 1.82) is 0 Å². The minimum atomic E-state index is -0.895. The number of benzene rings is 1. The number of aliphatic hydroxyl groups excluding tert-OH is 1. The fourth-order valence-corrected chi connectivity index (χ4v) is 2.50. The van der Waals surface area contributed by atoms with Gasteiger partial charge < -0.3 is 19.9 Å². The molecule has 26 heavy (non-hydrogen) atoms. The first-order valence-electron chi connectivity index (χ1n) is 8.08. The predicted octanol–water partition coefficient (Wildman–Crippen LogP) is 1.06. The highest BCUT2D eigenvalue weighted by atomic mass is 19.1. The number of hydrogen-bond acceptors (Lipinski definition) is 6. The van der Waals surface area contributed by atoms with Gasteiger partial charge in [0.1, 0.15) is 0 Å². The van der Waals surface area contributed by atoms with E-state index < -0.39 is 35.7 Å². The van der Waals surface area contributed by atoms with Crippen molar-refractivity contribution in [3.63, 3.8) is 0 Å². The molecule has 2 N–H and O–H groups in total. The Bertz CT molecular complexity index is 852. The molecule has 1 saturated heterocycles. The van der Waals surface area contributed by atoms with Gasteiger partial charge in [0.05, 0.1) is 19.4 Å². The van der Waals surface area contributed by atoms with E-state index in [-0.39, 0.29) is 13.2 Å². The molecule has 1 aliphatic heterocycles. The summed E-state index contributed by atoms with van der Waals surface area (Å²) in [5.41, 5.74) is 0.578. The summed E-state index contributed by atoms with van der Waals surface area (Å²) in [6, 6.07) is 6.83. The molecule has 3 rings (SSSR count). The van der Waals surface area contributed by atoms with Crippen molar-refractivity contribution in [3.05, 3.63) is 57.9 Å². The maximum Gasteiger partial charge on any atom is 0.351 e. The molecule has 0 spiro atoms. The molecule has 1 aromatic heterocycles. The molecule has 0 unspecified atom stereocenters. The van der Waals surface area contributed by atoms with Crippen molar-refractivity contribution in [3.8, 4) is 0 Å². The molecular formula is C17H18FN3O5. The van der Waals surface area contributed by atoms with Crippen LogP contribution in [0.3, 0.4) is 0 Å². The number of aromatic nitrogens is 2. The van der Waals surface area contributed by atoms with Crippen LogP contribution in [-0.4, -0.2) is 40.1 Å². The fraction of sp³-hybridized carbons (Fsp3) is 0.353. The first-order valence-corrected chi connectivity index (χ1v) is 8.08. The van der Waals surface area contributed by atoms with Crippen LogP contribution < -0.4 is 11.0 Å². The second-order valence-corrected chi connectivity index (χ2v) is 5.67. The van der Waals surface area contributed by atoms with Crippen LogP contribution in [-0.2, 0) is 15.9 Å². The Kier molecular flexibility index (Phi) is 5.40. The van der Waals surface area contributed by atoms with Gasteiger partial charge in [-0.05, 0) is 24.1 Å². The lowest BCUT2D eigenvalue weighted by atomic mass is 10.1. The number of aliphatic hydroxyl groups is 1. The first-order chi connectivity index (χ1) is 12.5. The van der Waals surface area contributed by atoms with Gasteiger partial charge in [0, 0.05) is 5.56 Å². The van der Waals surface area contributed by atoms with E-state index in [2.05, 4.69) is 10.3 Å². The van der Waals surface area contributed by atoms with Gasteiger partial charge in [-0.3, -0.25) is 9.36 Å². The number of carbonyl (C=O) groups excluding carboxylic acids is 1. The van der Waals surface area contributed by atoms with Gasteiger partial charge in [0.2, 0.25) is 0 Å². The lowest BCUT2D eigenvalue weighted by Crippen LogP contribution is -2.30. The van der Waals surface area contributed by atoms with E-state index in [1.54, 1.807) is 24.3 Å². The minimum absolute atomic E-state index is 0.0261. The highest BCUT2D eigenvalue weighted by Crippen LogP contribution is 2.20. The molecule has 2 atom stereocenters. The van der Waals surface area contributed by atoms with Crippen LogP contribution in [0.5, 0.6) is 0 Å². The zero-order valence-corrected chi connectivity index (χ0v) is 14.0. The third-order valence-corrected chi connectivity index (χ3v) is 3.96. The van der Waals surface area contributed by atoms with E-state index >= 15 is 0 Å². The average molecular weight is 363 g/mol. The predicted molar refractivity (Wildman–Crippen MR) is 89.2 cm³/mol. The molecule has 0 radical (unpaired) electrons. The number of ether oxygens (including phenoxy) is 2. The van der Waals surface area contributed by atoms with Crippen LogP contribution >= 0.6 is 0 Å². The van der Waals surface area contributed by atoms with Crippen molar-refractivity contribution in [2.45, 2.75) is 25.9 Å². The van der Waals surface area contributed by atoms with E-state index in [0.29, 0.717) is 5.56 Å². The number of carbonyl (C=O) groups is 1. The molecule has 1 amide bonds. The molecule has 8 nitrogen and oxygen atoms in total. The summed E-state index contributed by atoms with van der Waals surface area (Å²) in [5, 5.41) is 11.3. The quantitative estimate of drug-likeness (QED) is 0.824. The highest BCUT2D eigenvalue weighted by molar-refractivity contribution is 6.03. The summed E-state index contributed by atoms with van der Waals surface area (Å²) >= 11 is 0. The molecule has 1 aliphatic rings. The maximum absolute atomic E-state index is 14.3. The number of amides is 1. The van der Waals surface area contributed by atoms with Gasteiger partial charge in [0.15, 0.2) is 24.2 Å². The molecule has 0 aliphatic carbocycles. The monoisotopic (exact) mass is 363 g/mol. The minimum Gasteiger partial charge on any atom is -0.391 e. The van der Waals surface area contributed by atoms with Gasteiger partial charge in [-0.25, -0.2) is 9.18 Å². The normalized spacial score (nSPS) is 19.5. The van der Waals surface area contributed by atoms with Crippen LogP contribution in [0.25, 0.3) is 0 Å². The number of rotatable bonds is 5. The SMILES string of the molecule is CCc1ccc(C(=O)Nc2nc(=O)n([C@H]3CO[C@@H](CO)O3)cc2F)cc1. The van der Waals surface area contributed by atoms with Gasteiger partial charge in [-0.1, -0.05) is 19.1 Å². The molecule has 2 aromatic rings. The lowest BCUT2D eigenvalue weighted by molar-refractivity contribution is -0.0993. The summed E-state index contributed by atoms with van der Waals surface area (Å²) in [6.45, 7) is 1.58. The average Bonchev–Trinajstić information content (AvgIpc) is 3.13. The topological polar surface area (TPSA) is 103 Å². The van der Waals surface area contributed by atoms with Crippen LogP contribution in [0.15, 0.2) is 35.3 Å². The lowest BCUT2D eigenvalue weighted by Gasteiger charge is -2.13. The molecule has 138 valence electrons. The Morgan fingerprint density at radius 1 is 1.42 bits per heavy atom. The van der Waals surface area contributed by atoms with E-state index in [4.69, 9.17) is 14.6 Å². The molecule has 1 fully saturated rings. The number of nitrogens with one attached hydrogen (secondary N) is 1. The van der Waals surface area contributed by atoms with E-state index in [1.807, 2.05) is 6.92 Å². The number of nitrogens with zero attached hydrogens (tertiary/aromatic N) is 2. The van der Waals surface area contributed by atoms with Crippen molar-refractivity contribution in [2.24, 2.45) is 0 Å². The first kappa shape index (κ1) is 18.2. The maximum atomic E-state index is 14.3. The summed E-state index contributed by atoms with van der Waals surface area (Å²) in [5.74, 6) is -1.93. The smallest absolute Gasteiger partial charge is 0.351 e. The standard InChI is InChI=1S/C17H18FN3O5/c1-2-10-3-5-11(6-4-10)16(23)19-15-12(18)7-21(17(24)20-15)13-9-25-14(8-22)26-13/h3-7,13-14,22H,2,8-9H2,1H3,(H,19,20,23,24)/t13-,14-/m1/s1. The second-order valence-electron chi connectivity index (χ2n) is 5.67. The summed E-state index contributed by atoms with van der Waals surface area (Å²) < 4.78 is 25.5. The van der Waals surface area contributed by atoms with Crippen LogP contribution in [0.2, 0.25) is 0 Å². The van der Waals surface area contributed by atoms with Crippen molar-refractivity contribution in [2.75, 3.05) is 18.5 Å². The Labute approximate surface area is 148 Å².